The second-order valence-electron chi connectivity index (χ2n) is 6.65. The zero-order valence-corrected chi connectivity index (χ0v) is 13.1. The normalized spacial score (nSPS) is 29.7. The molecule has 0 N–H and O–H groups in total. The largest absolute Gasteiger partial charge is 0.385 e. The van der Waals surface area contributed by atoms with Crippen LogP contribution in [0.1, 0.15) is 46.0 Å². The highest BCUT2D eigenvalue weighted by Crippen LogP contribution is 2.27. The minimum atomic E-state index is 0.761. The lowest BCUT2D eigenvalue weighted by Crippen LogP contribution is -2.61. The van der Waals surface area contributed by atoms with Crippen molar-refractivity contribution >= 4 is 0 Å². The summed E-state index contributed by atoms with van der Waals surface area (Å²) in [4.78, 5) is 5.53. The van der Waals surface area contributed by atoms with Crippen LogP contribution in [-0.2, 0) is 4.74 Å². The number of hydrogen-bond acceptors (Lipinski definition) is 3. The fourth-order valence-corrected chi connectivity index (χ4v) is 3.72. The Bertz CT molecular complexity index is 257. The first-order valence-electron chi connectivity index (χ1n) is 8.19. The Labute approximate surface area is 119 Å². The quantitative estimate of drug-likeness (QED) is 0.689. The number of rotatable bonds is 6. The molecule has 3 nitrogen and oxygen atoms in total. The Kier molecular flexibility index (Phi) is 6.11. The second-order valence-corrected chi connectivity index (χ2v) is 6.65. The maximum absolute atomic E-state index is 5.16. The van der Waals surface area contributed by atoms with E-state index < -0.39 is 0 Å². The van der Waals surface area contributed by atoms with Gasteiger partial charge in [0.1, 0.15) is 0 Å². The number of unbranched alkanes of at least 4 members (excludes halogenated alkanes) is 1. The molecule has 19 heavy (non-hydrogen) atoms. The van der Waals surface area contributed by atoms with Gasteiger partial charge in [0.15, 0.2) is 0 Å². The summed E-state index contributed by atoms with van der Waals surface area (Å²) in [6, 6.07) is 1.60. The third-order valence-electron chi connectivity index (χ3n) is 4.90. The van der Waals surface area contributed by atoms with Gasteiger partial charge < -0.3 is 4.74 Å². The summed E-state index contributed by atoms with van der Waals surface area (Å²) in [7, 11) is 1.80. The van der Waals surface area contributed by atoms with E-state index in [1.54, 1.807) is 7.11 Å². The van der Waals surface area contributed by atoms with E-state index in [1.807, 2.05) is 0 Å². The fraction of sp³-hybridized carbons (Fsp3) is 1.00. The predicted octanol–water partition coefficient (Wildman–Crippen LogP) is 2.61. The van der Waals surface area contributed by atoms with Crippen molar-refractivity contribution in [2.75, 3.05) is 39.9 Å². The molecule has 3 heteroatoms. The van der Waals surface area contributed by atoms with Crippen LogP contribution in [0.5, 0.6) is 0 Å². The number of piperazine rings is 1. The molecule has 0 bridgehead atoms. The minimum Gasteiger partial charge on any atom is -0.385 e. The summed E-state index contributed by atoms with van der Waals surface area (Å²) in [6.45, 7) is 10.9. The maximum atomic E-state index is 5.16. The van der Waals surface area contributed by atoms with Crippen LogP contribution < -0.4 is 0 Å². The molecule has 2 heterocycles. The van der Waals surface area contributed by atoms with Crippen molar-refractivity contribution in [3.8, 4) is 0 Å². The van der Waals surface area contributed by atoms with Crippen LogP contribution in [0.4, 0.5) is 0 Å². The third kappa shape index (κ3) is 4.17. The Morgan fingerprint density at radius 2 is 2.00 bits per heavy atom. The van der Waals surface area contributed by atoms with Gasteiger partial charge in [-0.05, 0) is 44.7 Å². The molecule has 0 amide bonds. The van der Waals surface area contributed by atoms with Gasteiger partial charge in [-0.25, -0.2) is 0 Å². The Morgan fingerprint density at radius 3 is 2.74 bits per heavy atom. The zero-order valence-electron chi connectivity index (χ0n) is 13.1. The van der Waals surface area contributed by atoms with Crippen LogP contribution >= 0.6 is 0 Å². The molecule has 0 radical (unpaired) electrons. The Morgan fingerprint density at radius 1 is 1.16 bits per heavy atom. The second kappa shape index (κ2) is 7.61. The number of nitrogens with zero attached hydrogens (tertiary/aromatic N) is 2. The molecule has 0 aliphatic carbocycles. The molecule has 0 aromatic heterocycles. The molecule has 2 unspecified atom stereocenters. The standard InChI is InChI=1S/C16H32N2O/c1-14(2)16-13-17-9-5-4-8-15(17)12-18(16)10-6-7-11-19-3/h14-16H,4-13H2,1-3H3. The first kappa shape index (κ1) is 15.3. The molecule has 2 saturated heterocycles. The van der Waals surface area contributed by atoms with Gasteiger partial charge in [-0.15, -0.1) is 0 Å². The molecule has 112 valence electrons. The first-order valence-corrected chi connectivity index (χ1v) is 8.19. The van der Waals surface area contributed by atoms with E-state index in [4.69, 9.17) is 4.74 Å². The van der Waals surface area contributed by atoms with Crippen molar-refractivity contribution in [1.82, 2.24) is 9.80 Å². The van der Waals surface area contributed by atoms with E-state index in [1.165, 1.54) is 58.3 Å². The van der Waals surface area contributed by atoms with Crippen LogP contribution in [0, 0.1) is 5.92 Å². The molecule has 2 fully saturated rings. The highest BCUT2D eigenvalue weighted by molar-refractivity contribution is 4.91. The third-order valence-corrected chi connectivity index (χ3v) is 4.90. The van der Waals surface area contributed by atoms with Crippen molar-refractivity contribution in [2.24, 2.45) is 5.92 Å². The molecule has 0 spiro atoms. The predicted molar refractivity (Wildman–Crippen MR) is 80.5 cm³/mol. The molecular weight excluding hydrogens is 236 g/mol. The van der Waals surface area contributed by atoms with Crippen LogP contribution in [0.2, 0.25) is 0 Å². The van der Waals surface area contributed by atoms with E-state index >= 15 is 0 Å². The highest BCUT2D eigenvalue weighted by atomic mass is 16.5. The summed E-state index contributed by atoms with van der Waals surface area (Å²) >= 11 is 0. The van der Waals surface area contributed by atoms with Gasteiger partial charge in [0.25, 0.3) is 0 Å². The molecule has 0 aromatic rings. The smallest absolute Gasteiger partial charge is 0.0462 e. The Balaban J connectivity index is 1.86. The topological polar surface area (TPSA) is 15.7 Å². The summed E-state index contributed by atoms with van der Waals surface area (Å²) in [6.07, 6.45) is 6.75. The van der Waals surface area contributed by atoms with Gasteiger partial charge in [-0.3, -0.25) is 9.80 Å². The minimum absolute atomic E-state index is 0.761. The SMILES string of the molecule is COCCCCN1CC2CCCCN2CC1C(C)C. The van der Waals surface area contributed by atoms with Gasteiger partial charge in [0, 0.05) is 38.9 Å². The van der Waals surface area contributed by atoms with Gasteiger partial charge in [0.2, 0.25) is 0 Å². The van der Waals surface area contributed by atoms with Gasteiger partial charge >= 0.3 is 0 Å². The number of piperidine rings is 1. The van der Waals surface area contributed by atoms with Crippen molar-refractivity contribution < 1.29 is 4.74 Å². The van der Waals surface area contributed by atoms with Crippen LogP contribution in [0.25, 0.3) is 0 Å². The number of hydrogen-bond donors (Lipinski definition) is 0. The highest BCUT2D eigenvalue weighted by Gasteiger charge is 2.35. The van der Waals surface area contributed by atoms with Crippen molar-refractivity contribution in [3.63, 3.8) is 0 Å². The molecule has 2 rings (SSSR count). The first-order chi connectivity index (χ1) is 9.22. The number of ether oxygens (including phenoxy) is 1. The van der Waals surface area contributed by atoms with E-state index in [-0.39, 0.29) is 0 Å². The average molecular weight is 268 g/mol. The maximum Gasteiger partial charge on any atom is 0.0462 e. The number of fused-ring (bicyclic) bond motifs is 1. The number of methoxy groups -OCH3 is 1. The van der Waals surface area contributed by atoms with E-state index in [0.29, 0.717) is 0 Å². The summed E-state index contributed by atoms with van der Waals surface area (Å²) in [5.74, 6) is 0.769. The van der Waals surface area contributed by atoms with E-state index in [9.17, 15) is 0 Å². The molecule has 0 aromatic carbocycles. The van der Waals surface area contributed by atoms with Gasteiger partial charge in [-0.2, -0.15) is 0 Å². The van der Waals surface area contributed by atoms with Crippen molar-refractivity contribution in [1.29, 1.82) is 0 Å². The molecule has 2 aliphatic heterocycles. The van der Waals surface area contributed by atoms with Crippen LogP contribution in [0.15, 0.2) is 0 Å². The summed E-state index contributed by atoms with van der Waals surface area (Å²) in [5, 5.41) is 0. The lowest BCUT2D eigenvalue weighted by molar-refractivity contribution is -0.00866. The molecular formula is C16H32N2O. The molecule has 2 atom stereocenters. The average Bonchev–Trinajstić information content (AvgIpc) is 2.42. The lowest BCUT2D eigenvalue weighted by atomic mass is 9.92. The van der Waals surface area contributed by atoms with Crippen molar-refractivity contribution in [2.45, 2.75) is 58.0 Å². The van der Waals surface area contributed by atoms with E-state index in [2.05, 4.69) is 23.6 Å². The summed E-state index contributed by atoms with van der Waals surface area (Å²) < 4.78 is 5.16. The van der Waals surface area contributed by atoms with Crippen LogP contribution in [-0.4, -0.2) is 61.8 Å². The molecule has 2 aliphatic rings. The Hall–Kier alpha value is -0.120. The van der Waals surface area contributed by atoms with E-state index in [0.717, 1.165) is 24.6 Å². The fourth-order valence-electron chi connectivity index (χ4n) is 3.72. The van der Waals surface area contributed by atoms with Gasteiger partial charge in [-0.1, -0.05) is 20.3 Å². The summed E-state index contributed by atoms with van der Waals surface area (Å²) in [5.41, 5.74) is 0. The monoisotopic (exact) mass is 268 g/mol. The van der Waals surface area contributed by atoms with Gasteiger partial charge in [0.05, 0.1) is 0 Å². The zero-order chi connectivity index (χ0) is 13.7. The lowest BCUT2D eigenvalue weighted by Gasteiger charge is -2.50. The molecule has 0 saturated carbocycles. The van der Waals surface area contributed by atoms with Crippen molar-refractivity contribution in [3.05, 3.63) is 0 Å². The van der Waals surface area contributed by atoms with Crippen LogP contribution in [0.3, 0.4) is 0 Å².